The summed E-state index contributed by atoms with van der Waals surface area (Å²) in [6.45, 7) is 2.99. The molecule has 0 aromatic heterocycles. The van der Waals surface area contributed by atoms with Crippen LogP contribution in [0.2, 0.25) is 0 Å². The van der Waals surface area contributed by atoms with Crippen molar-refractivity contribution >= 4 is 5.91 Å². The molecular formula is C25H23F3N2O2. The van der Waals surface area contributed by atoms with Gasteiger partial charge in [0.2, 0.25) is 0 Å². The monoisotopic (exact) mass is 440 g/mol. The third-order valence-corrected chi connectivity index (χ3v) is 5.47. The molecule has 0 aliphatic carbocycles. The van der Waals surface area contributed by atoms with Gasteiger partial charge < -0.3 is 9.64 Å². The number of hydrogen-bond donors (Lipinski definition) is 0. The van der Waals surface area contributed by atoms with Crippen LogP contribution in [-0.4, -0.2) is 41.9 Å². The Hall–Kier alpha value is -3.32. The maximum atomic E-state index is 13.9. The van der Waals surface area contributed by atoms with Crippen molar-refractivity contribution < 1.29 is 22.7 Å². The summed E-state index contributed by atoms with van der Waals surface area (Å²) >= 11 is 0. The van der Waals surface area contributed by atoms with Gasteiger partial charge in [0.25, 0.3) is 5.91 Å². The summed E-state index contributed by atoms with van der Waals surface area (Å²) in [5.74, 6) is -1.80. The SMILES string of the molecule is O=C(c1cccc(COc2ccc(F)cc2F)c1)N1CCN(Cc2ccccc2F)CC1. The number of halogens is 3. The van der Waals surface area contributed by atoms with Crippen molar-refractivity contribution in [1.29, 1.82) is 0 Å². The fraction of sp³-hybridized carbons (Fsp3) is 0.240. The Labute approximate surface area is 184 Å². The van der Waals surface area contributed by atoms with Crippen LogP contribution < -0.4 is 4.74 Å². The van der Waals surface area contributed by atoms with Gasteiger partial charge >= 0.3 is 0 Å². The first-order valence-corrected chi connectivity index (χ1v) is 10.4. The second kappa shape index (κ2) is 9.87. The molecule has 0 spiro atoms. The van der Waals surface area contributed by atoms with Crippen molar-refractivity contribution in [2.45, 2.75) is 13.2 Å². The average Bonchev–Trinajstić information content (AvgIpc) is 2.80. The highest BCUT2D eigenvalue weighted by atomic mass is 19.1. The van der Waals surface area contributed by atoms with Crippen LogP contribution in [0.25, 0.3) is 0 Å². The molecule has 0 bridgehead atoms. The lowest BCUT2D eigenvalue weighted by Gasteiger charge is -2.35. The van der Waals surface area contributed by atoms with Gasteiger partial charge in [-0.15, -0.1) is 0 Å². The van der Waals surface area contributed by atoms with Gasteiger partial charge in [0.1, 0.15) is 18.2 Å². The minimum Gasteiger partial charge on any atom is -0.486 e. The molecule has 1 heterocycles. The summed E-state index contributed by atoms with van der Waals surface area (Å²) in [4.78, 5) is 16.8. The Morgan fingerprint density at radius 3 is 2.38 bits per heavy atom. The second-order valence-corrected chi connectivity index (χ2v) is 7.72. The van der Waals surface area contributed by atoms with E-state index in [4.69, 9.17) is 4.74 Å². The van der Waals surface area contributed by atoms with Crippen LogP contribution in [0.3, 0.4) is 0 Å². The Morgan fingerprint density at radius 1 is 0.844 bits per heavy atom. The fourth-order valence-electron chi connectivity index (χ4n) is 3.71. The van der Waals surface area contributed by atoms with Crippen molar-refractivity contribution in [3.63, 3.8) is 0 Å². The molecule has 0 radical (unpaired) electrons. The van der Waals surface area contributed by atoms with Gasteiger partial charge in [0, 0.05) is 49.9 Å². The number of rotatable bonds is 6. The summed E-state index contributed by atoms with van der Waals surface area (Å²) in [6, 6.07) is 16.8. The van der Waals surface area contributed by atoms with Crippen molar-refractivity contribution in [2.75, 3.05) is 26.2 Å². The lowest BCUT2D eigenvalue weighted by molar-refractivity contribution is 0.0627. The van der Waals surface area contributed by atoms with Gasteiger partial charge in [-0.3, -0.25) is 9.69 Å². The first-order valence-electron chi connectivity index (χ1n) is 10.4. The molecule has 3 aromatic rings. The molecule has 1 aliphatic heterocycles. The average molecular weight is 440 g/mol. The Morgan fingerprint density at radius 2 is 1.62 bits per heavy atom. The van der Waals surface area contributed by atoms with E-state index in [1.165, 1.54) is 12.1 Å². The zero-order valence-electron chi connectivity index (χ0n) is 17.4. The summed E-state index contributed by atoms with van der Waals surface area (Å²) in [7, 11) is 0. The first kappa shape index (κ1) is 21.9. The van der Waals surface area contributed by atoms with Crippen LogP contribution in [0.1, 0.15) is 21.5 Å². The third-order valence-electron chi connectivity index (χ3n) is 5.47. The molecule has 0 atom stereocenters. The predicted molar refractivity (Wildman–Crippen MR) is 115 cm³/mol. The molecule has 4 rings (SSSR count). The van der Waals surface area contributed by atoms with E-state index in [0.717, 1.165) is 12.1 Å². The lowest BCUT2D eigenvalue weighted by atomic mass is 10.1. The maximum Gasteiger partial charge on any atom is 0.253 e. The van der Waals surface area contributed by atoms with Gasteiger partial charge in [0.05, 0.1) is 0 Å². The van der Waals surface area contributed by atoms with Gasteiger partial charge in [-0.05, 0) is 35.9 Å². The zero-order valence-corrected chi connectivity index (χ0v) is 17.4. The van der Waals surface area contributed by atoms with E-state index in [1.807, 2.05) is 6.07 Å². The minimum atomic E-state index is -0.773. The van der Waals surface area contributed by atoms with Crippen molar-refractivity contribution in [1.82, 2.24) is 9.80 Å². The summed E-state index contributed by atoms with van der Waals surface area (Å²) in [5.41, 5.74) is 1.88. The lowest BCUT2D eigenvalue weighted by Crippen LogP contribution is -2.48. The van der Waals surface area contributed by atoms with Crippen LogP contribution in [-0.2, 0) is 13.2 Å². The molecule has 0 saturated carbocycles. The summed E-state index contributed by atoms with van der Waals surface area (Å²) in [6.07, 6.45) is 0. The van der Waals surface area contributed by atoms with E-state index in [-0.39, 0.29) is 24.1 Å². The number of carbonyl (C=O) groups is 1. The topological polar surface area (TPSA) is 32.8 Å². The highest BCUT2D eigenvalue weighted by Crippen LogP contribution is 2.20. The quantitative estimate of drug-likeness (QED) is 0.560. The molecule has 0 N–H and O–H groups in total. The number of nitrogens with zero attached hydrogens (tertiary/aromatic N) is 2. The molecule has 1 aliphatic rings. The highest BCUT2D eigenvalue weighted by Gasteiger charge is 2.23. The second-order valence-electron chi connectivity index (χ2n) is 7.72. The van der Waals surface area contributed by atoms with Crippen LogP contribution in [0.15, 0.2) is 66.7 Å². The number of amides is 1. The van der Waals surface area contributed by atoms with Crippen LogP contribution in [0.4, 0.5) is 13.2 Å². The Bertz CT molecular complexity index is 1100. The van der Waals surface area contributed by atoms with E-state index in [2.05, 4.69) is 4.90 Å². The number of carbonyl (C=O) groups excluding carboxylic acids is 1. The van der Waals surface area contributed by atoms with Crippen molar-refractivity contribution in [3.05, 3.63) is 101 Å². The number of hydrogen-bond acceptors (Lipinski definition) is 3. The molecule has 1 amide bonds. The van der Waals surface area contributed by atoms with E-state index >= 15 is 0 Å². The predicted octanol–water partition coefficient (Wildman–Crippen LogP) is 4.64. The van der Waals surface area contributed by atoms with Gasteiger partial charge in [-0.1, -0.05) is 30.3 Å². The first-order chi connectivity index (χ1) is 15.5. The Kier molecular flexibility index (Phi) is 6.75. The van der Waals surface area contributed by atoms with Gasteiger partial charge in [-0.2, -0.15) is 0 Å². The molecule has 0 unspecified atom stereocenters. The molecule has 4 nitrogen and oxygen atoms in total. The summed E-state index contributed by atoms with van der Waals surface area (Å²) in [5, 5.41) is 0. The molecule has 166 valence electrons. The molecular weight excluding hydrogens is 417 g/mol. The fourth-order valence-corrected chi connectivity index (χ4v) is 3.71. The van der Waals surface area contributed by atoms with Gasteiger partial charge in [0.15, 0.2) is 11.6 Å². The normalized spacial score (nSPS) is 14.4. The number of ether oxygens (including phenoxy) is 1. The molecule has 3 aromatic carbocycles. The largest absolute Gasteiger partial charge is 0.486 e. The molecule has 32 heavy (non-hydrogen) atoms. The van der Waals surface area contributed by atoms with Crippen LogP contribution in [0, 0.1) is 17.5 Å². The standard InChI is InChI=1S/C25H23F3N2O2/c26-21-8-9-24(23(28)15-21)32-17-18-4-3-6-19(14-18)25(31)30-12-10-29(11-13-30)16-20-5-1-2-7-22(20)27/h1-9,14-15H,10-13,16-17H2. The minimum absolute atomic E-state index is 0.0471. The number of benzene rings is 3. The highest BCUT2D eigenvalue weighted by molar-refractivity contribution is 5.94. The molecule has 1 fully saturated rings. The van der Waals surface area contributed by atoms with Gasteiger partial charge in [-0.25, -0.2) is 13.2 Å². The van der Waals surface area contributed by atoms with E-state index in [9.17, 15) is 18.0 Å². The van der Waals surface area contributed by atoms with E-state index < -0.39 is 11.6 Å². The number of piperazine rings is 1. The molecule has 7 heteroatoms. The van der Waals surface area contributed by atoms with Crippen LogP contribution in [0.5, 0.6) is 5.75 Å². The van der Waals surface area contributed by atoms with E-state index in [0.29, 0.717) is 49.4 Å². The Balaban J connectivity index is 1.33. The maximum absolute atomic E-state index is 13.9. The third kappa shape index (κ3) is 5.29. The van der Waals surface area contributed by atoms with Crippen LogP contribution >= 0.6 is 0 Å². The van der Waals surface area contributed by atoms with Crippen molar-refractivity contribution in [3.8, 4) is 5.75 Å². The van der Waals surface area contributed by atoms with E-state index in [1.54, 1.807) is 41.3 Å². The smallest absolute Gasteiger partial charge is 0.253 e. The summed E-state index contributed by atoms with van der Waals surface area (Å²) < 4.78 is 46.1. The zero-order chi connectivity index (χ0) is 22.5. The van der Waals surface area contributed by atoms with Crippen molar-refractivity contribution in [2.24, 2.45) is 0 Å². The molecule has 1 saturated heterocycles.